The van der Waals surface area contributed by atoms with E-state index in [-0.39, 0.29) is 0 Å². The summed E-state index contributed by atoms with van der Waals surface area (Å²) in [6.07, 6.45) is 6.87. The number of carbonyl (C=O) groups is 1. The molecule has 0 saturated carbocycles. The lowest BCUT2D eigenvalue weighted by Crippen LogP contribution is -2.31. The fourth-order valence-corrected chi connectivity index (χ4v) is 2.64. The Morgan fingerprint density at radius 3 is 3.12 bits per heavy atom. The quantitative estimate of drug-likeness (QED) is 0.781. The maximum absolute atomic E-state index is 11.2. The topological polar surface area (TPSA) is 38.1 Å². The summed E-state index contributed by atoms with van der Waals surface area (Å²) in [4.78, 5) is 17.8. The first-order valence-electron chi connectivity index (χ1n) is 6.43. The van der Waals surface area contributed by atoms with Gasteiger partial charge < -0.3 is 4.57 Å². The number of rotatable bonds is 5. The Balaban J connectivity index is 2.00. The van der Waals surface area contributed by atoms with Crippen molar-refractivity contribution in [3.63, 3.8) is 0 Å². The molecule has 4 nitrogen and oxygen atoms in total. The molecule has 0 aromatic carbocycles. The van der Waals surface area contributed by atoms with E-state index in [1.54, 1.807) is 6.92 Å². The zero-order chi connectivity index (χ0) is 12.3. The molecule has 0 aliphatic carbocycles. The summed E-state index contributed by atoms with van der Waals surface area (Å²) >= 11 is 0. The number of hydrogen-bond acceptors (Lipinski definition) is 3. The van der Waals surface area contributed by atoms with Crippen LogP contribution in [0.15, 0.2) is 12.5 Å². The van der Waals surface area contributed by atoms with E-state index in [9.17, 15) is 4.79 Å². The van der Waals surface area contributed by atoms with Crippen LogP contribution in [-0.2, 0) is 17.9 Å². The Morgan fingerprint density at radius 2 is 2.41 bits per heavy atom. The molecule has 1 aliphatic heterocycles. The van der Waals surface area contributed by atoms with E-state index in [0.29, 0.717) is 18.2 Å². The van der Waals surface area contributed by atoms with Gasteiger partial charge >= 0.3 is 0 Å². The van der Waals surface area contributed by atoms with Gasteiger partial charge in [-0.1, -0.05) is 0 Å². The summed E-state index contributed by atoms with van der Waals surface area (Å²) in [6.45, 7) is 6.80. The van der Waals surface area contributed by atoms with Crippen molar-refractivity contribution in [1.82, 2.24) is 14.5 Å². The maximum Gasteiger partial charge on any atom is 0.131 e. The molecule has 0 radical (unpaired) electrons. The maximum atomic E-state index is 11.2. The van der Waals surface area contributed by atoms with Crippen molar-refractivity contribution in [3.05, 3.63) is 18.2 Å². The summed E-state index contributed by atoms with van der Waals surface area (Å²) in [7, 11) is 0. The van der Waals surface area contributed by atoms with Crippen LogP contribution in [0.5, 0.6) is 0 Å². The van der Waals surface area contributed by atoms with Crippen LogP contribution in [0.3, 0.4) is 0 Å². The SMILES string of the molecule is CCn1cncc1CN1CCCC1CC(C)=O. The number of Topliss-reactive ketones (excluding diaryl/α,β-unsaturated/α-hetero) is 1. The number of ketones is 1. The molecule has 1 fully saturated rings. The zero-order valence-electron chi connectivity index (χ0n) is 10.7. The van der Waals surface area contributed by atoms with Crippen molar-refractivity contribution in [3.8, 4) is 0 Å². The third kappa shape index (κ3) is 2.94. The van der Waals surface area contributed by atoms with Gasteiger partial charge in [-0.15, -0.1) is 0 Å². The van der Waals surface area contributed by atoms with Crippen LogP contribution in [0.25, 0.3) is 0 Å². The van der Waals surface area contributed by atoms with Gasteiger partial charge in [0.2, 0.25) is 0 Å². The number of aromatic nitrogens is 2. The van der Waals surface area contributed by atoms with Crippen LogP contribution in [0.2, 0.25) is 0 Å². The highest BCUT2D eigenvalue weighted by atomic mass is 16.1. The van der Waals surface area contributed by atoms with E-state index in [1.165, 1.54) is 12.1 Å². The van der Waals surface area contributed by atoms with Gasteiger partial charge in [0, 0.05) is 31.7 Å². The highest BCUT2D eigenvalue weighted by Gasteiger charge is 2.26. The smallest absolute Gasteiger partial charge is 0.131 e. The summed E-state index contributed by atoms with van der Waals surface area (Å²) in [5.41, 5.74) is 1.25. The predicted molar refractivity (Wildman–Crippen MR) is 66.6 cm³/mol. The van der Waals surface area contributed by atoms with Gasteiger partial charge in [0.25, 0.3) is 0 Å². The van der Waals surface area contributed by atoms with Crippen molar-refractivity contribution >= 4 is 5.78 Å². The molecule has 2 heterocycles. The van der Waals surface area contributed by atoms with E-state index in [4.69, 9.17) is 0 Å². The molecule has 0 N–H and O–H groups in total. The largest absolute Gasteiger partial charge is 0.334 e. The Labute approximate surface area is 103 Å². The molecule has 1 atom stereocenters. The summed E-state index contributed by atoms with van der Waals surface area (Å²) in [6, 6.07) is 0.438. The van der Waals surface area contributed by atoms with Gasteiger partial charge in [0.15, 0.2) is 0 Å². The highest BCUT2D eigenvalue weighted by Crippen LogP contribution is 2.22. The van der Waals surface area contributed by atoms with Crippen LogP contribution in [0, 0.1) is 0 Å². The van der Waals surface area contributed by atoms with Gasteiger partial charge in [0.1, 0.15) is 5.78 Å². The summed E-state index contributed by atoms with van der Waals surface area (Å²) < 4.78 is 2.17. The molecule has 0 bridgehead atoms. The van der Waals surface area contributed by atoms with E-state index >= 15 is 0 Å². The standard InChI is InChI=1S/C13H21N3O/c1-3-15-10-14-8-13(15)9-16-6-4-5-12(16)7-11(2)17/h8,10,12H,3-7,9H2,1-2H3. The third-order valence-corrected chi connectivity index (χ3v) is 3.53. The minimum Gasteiger partial charge on any atom is -0.334 e. The number of aryl methyl sites for hydroxylation is 1. The van der Waals surface area contributed by atoms with E-state index in [2.05, 4.69) is 21.4 Å². The average molecular weight is 235 g/mol. The van der Waals surface area contributed by atoms with Gasteiger partial charge in [-0.2, -0.15) is 0 Å². The van der Waals surface area contributed by atoms with Gasteiger partial charge in [-0.25, -0.2) is 4.98 Å². The van der Waals surface area contributed by atoms with Crippen molar-refractivity contribution in [2.45, 2.75) is 52.2 Å². The number of hydrogen-bond donors (Lipinski definition) is 0. The van der Waals surface area contributed by atoms with Crippen molar-refractivity contribution < 1.29 is 4.79 Å². The molecule has 1 aliphatic rings. The lowest BCUT2D eigenvalue weighted by Gasteiger charge is -2.23. The number of nitrogens with zero attached hydrogens (tertiary/aromatic N) is 3. The van der Waals surface area contributed by atoms with E-state index in [1.807, 2.05) is 12.5 Å². The molecule has 1 unspecified atom stereocenters. The average Bonchev–Trinajstić information content (AvgIpc) is 2.88. The normalized spacial score (nSPS) is 20.9. The van der Waals surface area contributed by atoms with Crippen molar-refractivity contribution in [2.75, 3.05) is 6.54 Å². The Bertz CT molecular complexity index is 386. The van der Waals surface area contributed by atoms with Crippen molar-refractivity contribution in [1.29, 1.82) is 0 Å². The van der Waals surface area contributed by atoms with E-state index in [0.717, 1.165) is 26.1 Å². The lowest BCUT2D eigenvalue weighted by atomic mass is 10.1. The molecule has 1 aromatic heterocycles. The fourth-order valence-electron chi connectivity index (χ4n) is 2.64. The molecule has 0 amide bonds. The Hall–Kier alpha value is -1.16. The van der Waals surface area contributed by atoms with Crippen molar-refractivity contribution in [2.24, 2.45) is 0 Å². The van der Waals surface area contributed by atoms with Gasteiger partial charge in [-0.05, 0) is 33.2 Å². The van der Waals surface area contributed by atoms with Crippen LogP contribution in [-0.4, -0.2) is 32.8 Å². The first-order valence-corrected chi connectivity index (χ1v) is 6.43. The van der Waals surface area contributed by atoms with Gasteiger partial charge in [-0.3, -0.25) is 9.69 Å². The second kappa shape index (κ2) is 5.45. The first-order chi connectivity index (χ1) is 8.20. The molecule has 0 spiro atoms. The minimum absolute atomic E-state index is 0.297. The second-order valence-corrected chi connectivity index (χ2v) is 4.84. The van der Waals surface area contributed by atoms with Gasteiger partial charge in [0.05, 0.1) is 12.0 Å². The number of likely N-dealkylation sites (tertiary alicyclic amines) is 1. The Kier molecular flexibility index (Phi) is 3.94. The molecular weight excluding hydrogens is 214 g/mol. The molecule has 94 valence electrons. The summed E-state index contributed by atoms with van der Waals surface area (Å²) in [5.74, 6) is 0.297. The van der Waals surface area contributed by atoms with Crippen LogP contribution in [0.4, 0.5) is 0 Å². The predicted octanol–water partition coefficient (Wildman–Crippen LogP) is 1.85. The van der Waals surface area contributed by atoms with Crippen LogP contribution >= 0.6 is 0 Å². The number of carbonyl (C=O) groups excluding carboxylic acids is 1. The lowest BCUT2D eigenvalue weighted by molar-refractivity contribution is -0.118. The molecule has 17 heavy (non-hydrogen) atoms. The first kappa shape index (κ1) is 12.3. The number of imidazole rings is 1. The van der Waals surface area contributed by atoms with E-state index < -0.39 is 0 Å². The third-order valence-electron chi connectivity index (χ3n) is 3.53. The summed E-state index contributed by atoms with van der Waals surface area (Å²) in [5, 5.41) is 0. The molecule has 2 rings (SSSR count). The molecular formula is C13H21N3O. The minimum atomic E-state index is 0.297. The second-order valence-electron chi connectivity index (χ2n) is 4.84. The molecule has 1 aromatic rings. The molecule has 4 heteroatoms. The Morgan fingerprint density at radius 1 is 1.59 bits per heavy atom. The highest BCUT2D eigenvalue weighted by molar-refractivity contribution is 5.76. The van der Waals surface area contributed by atoms with Crippen LogP contribution in [0.1, 0.15) is 38.8 Å². The zero-order valence-corrected chi connectivity index (χ0v) is 10.7. The monoisotopic (exact) mass is 235 g/mol. The van der Waals surface area contributed by atoms with Crippen LogP contribution < -0.4 is 0 Å². The fraction of sp³-hybridized carbons (Fsp3) is 0.692. The molecule has 1 saturated heterocycles.